The highest BCUT2D eigenvalue weighted by molar-refractivity contribution is 6.24. The topological polar surface area (TPSA) is 185 Å². The van der Waals surface area contributed by atoms with Gasteiger partial charge in [0.25, 0.3) is 5.69 Å². The van der Waals surface area contributed by atoms with Crippen molar-refractivity contribution in [3.05, 3.63) is 69.3 Å². The van der Waals surface area contributed by atoms with Gasteiger partial charge in [0.05, 0.1) is 22.4 Å². The van der Waals surface area contributed by atoms with E-state index < -0.39 is 52.2 Å². The molecule has 2 heterocycles. The van der Waals surface area contributed by atoms with Gasteiger partial charge < -0.3 is 16.2 Å². The minimum absolute atomic E-state index is 0.00741. The number of hydrogen-bond donors (Lipinski definition) is 4. The third kappa shape index (κ3) is 4.40. The van der Waals surface area contributed by atoms with Gasteiger partial charge >= 0.3 is 12.0 Å². The van der Waals surface area contributed by atoms with E-state index in [9.17, 15) is 34.4 Å². The Morgan fingerprint density at radius 2 is 1.92 bits per heavy atom. The van der Waals surface area contributed by atoms with Crippen LogP contribution in [0.3, 0.4) is 0 Å². The van der Waals surface area contributed by atoms with E-state index in [1.165, 1.54) is 18.2 Å². The zero-order valence-corrected chi connectivity index (χ0v) is 20.3. The number of urea groups is 1. The maximum atomic E-state index is 13.8. The first-order valence-corrected chi connectivity index (χ1v) is 11.7. The van der Waals surface area contributed by atoms with Gasteiger partial charge in [-0.15, -0.1) is 0 Å². The van der Waals surface area contributed by atoms with Crippen LogP contribution in [0.15, 0.2) is 42.5 Å². The number of primary amides is 1. The number of rotatable bonds is 8. The van der Waals surface area contributed by atoms with Gasteiger partial charge in [-0.05, 0) is 43.9 Å². The molecular weight excluding hydrogens is 482 g/mol. The average molecular weight is 510 g/mol. The summed E-state index contributed by atoms with van der Waals surface area (Å²) in [5.74, 6) is -5.03. The number of non-ortho nitro benzene ring substituents is 1. The summed E-state index contributed by atoms with van der Waals surface area (Å²) >= 11 is 0. The second kappa shape index (κ2) is 9.62. The molecule has 0 aliphatic carbocycles. The third-order valence-electron chi connectivity index (χ3n) is 7.15. The lowest BCUT2D eigenvalue weighted by Gasteiger charge is -2.31. The molecule has 194 valence electrons. The summed E-state index contributed by atoms with van der Waals surface area (Å²) in [7, 11) is 0. The van der Waals surface area contributed by atoms with Gasteiger partial charge in [-0.25, -0.2) is 9.69 Å². The fourth-order valence-corrected chi connectivity index (χ4v) is 5.48. The number of nitro benzene ring substituents is 1. The SMILES string of the molecule is Cc1ccc(C)c(C2NC(CCCNC(N)=O)(C(=O)O)C3C(=O)N(c4cccc([N+](=O)[O-])c4)C(=O)C23)c1. The molecule has 12 heteroatoms. The Kier molecular flexibility index (Phi) is 6.70. The number of aliphatic carboxylic acids is 1. The van der Waals surface area contributed by atoms with Gasteiger partial charge in [-0.3, -0.25) is 29.8 Å². The van der Waals surface area contributed by atoms with Gasteiger partial charge in [0.15, 0.2) is 0 Å². The number of hydrogen-bond acceptors (Lipinski definition) is 7. The van der Waals surface area contributed by atoms with Crippen molar-refractivity contribution in [3.63, 3.8) is 0 Å². The molecule has 12 nitrogen and oxygen atoms in total. The molecule has 0 bridgehead atoms. The molecular formula is C25H27N5O7. The van der Waals surface area contributed by atoms with Crippen LogP contribution in [-0.4, -0.2) is 45.9 Å². The average Bonchev–Trinajstić information content (AvgIpc) is 3.32. The Hall–Kier alpha value is -4.32. The molecule has 2 aliphatic rings. The predicted octanol–water partition coefficient (Wildman–Crippen LogP) is 1.93. The monoisotopic (exact) mass is 509 g/mol. The standard InChI is InChI=1S/C25H27N5O7/c1-13-7-8-14(2)17(11-13)20-18-19(25(28-20,23(33)34)9-4-10-27-24(26)35)22(32)29(21(18)31)15-5-3-6-16(12-15)30(36)37/h3,5-8,11-12,18-20,28H,4,9-10H2,1-2H3,(H,33,34)(H3,26,27,35). The van der Waals surface area contributed by atoms with E-state index >= 15 is 0 Å². The molecule has 4 unspecified atom stereocenters. The van der Waals surface area contributed by atoms with Gasteiger partial charge in [-0.2, -0.15) is 0 Å². The number of carbonyl (C=O) groups is 4. The second-order valence-electron chi connectivity index (χ2n) is 9.45. The molecule has 4 amide bonds. The molecule has 2 aromatic carbocycles. The van der Waals surface area contributed by atoms with Gasteiger partial charge in [0.1, 0.15) is 5.54 Å². The highest BCUT2D eigenvalue weighted by atomic mass is 16.6. The number of nitrogens with two attached hydrogens (primary N) is 1. The van der Waals surface area contributed by atoms with E-state index in [1.54, 1.807) is 0 Å². The number of carboxylic acid groups (broad SMARTS) is 1. The van der Waals surface area contributed by atoms with Gasteiger partial charge in [0, 0.05) is 24.7 Å². The molecule has 2 aromatic rings. The summed E-state index contributed by atoms with van der Waals surface area (Å²) < 4.78 is 0. The summed E-state index contributed by atoms with van der Waals surface area (Å²) in [6, 6.07) is 9.17. The van der Waals surface area contributed by atoms with Crippen molar-refractivity contribution in [1.82, 2.24) is 10.6 Å². The van der Waals surface area contributed by atoms with E-state index in [-0.39, 0.29) is 30.8 Å². The van der Waals surface area contributed by atoms with Crippen molar-refractivity contribution >= 4 is 35.2 Å². The van der Waals surface area contributed by atoms with Crippen molar-refractivity contribution in [1.29, 1.82) is 0 Å². The van der Waals surface area contributed by atoms with Crippen molar-refractivity contribution in [3.8, 4) is 0 Å². The number of carboxylic acids is 1. The third-order valence-corrected chi connectivity index (χ3v) is 7.15. The van der Waals surface area contributed by atoms with Crippen LogP contribution >= 0.6 is 0 Å². The molecule has 0 spiro atoms. The summed E-state index contributed by atoms with van der Waals surface area (Å²) in [5, 5.41) is 27.3. The Morgan fingerprint density at radius 1 is 1.19 bits per heavy atom. The van der Waals surface area contributed by atoms with E-state index in [4.69, 9.17) is 5.73 Å². The quantitative estimate of drug-likeness (QED) is 0.180. The van der Waals surface area contributed by atoms with Crippen molar-refractivity contribution in [2.75, 3.05) is 11.4 Å². The number of benzene rings is 2. The minimum atomic E-state index is -1.83. The molecule has 2 saturated heterocycles. The first-order chi connectivity index (χ1) is 17.5. The highest BCUT2D eigenvalue weighted by Gasteiger charge is 2.68. The van der Waals surface area contributed by atoms with Crippen LogP contribution in [0, 0.1) is 35.8 Å². The molecule has 4 atom stereocenters. The van der Waals surface area contributed by atoms with Crippen LogP contribution in [-0.2, 0) is 14.4 Å². The number of nitro groups is 1. The molecule has 0 aromatic heterocycles. The van der Waals surface area contributed by atoms with Crippen LogP contribution < -0.4 is 21.3 Å². The van der Waals surface area contributed by atoms with Gasteiger partial charge in [-0.1, -0.05) is 29.8 Å². The number of anilines is 1. The van der Waals surface area contributed by atoms with Gasteiger partial charge in [0.2, 0.25) is 11.8 Å². The first kappa shape index (κ1) is 25.8. The zero-order valence-electron chi connectivity index (χ0n) is 20.3. The lowest BCUT2D eigenvalue weighted by atomic mass is 9.76. The lowest BCUT2D eigenvalue weighted by molar-refractivity contribution is -0.384. The molecule has 0 radical (unpaired) electrons. The van der Waals surface area contributed by atoms with Crippen molar-refractivity contribution in [2.24, 2.45) is 17.6 Å². The summed E-state index contributed by atoms with van der Waals surface area (Å²) in [6.45, 7) is 3.78. The number of nitrogens with one attached hydrogen (secondary N) is 2. The minimum Gasteiger partial charge on any atom is -0.480 e. The molecule has 2 fully saturated rings. The van der Waals surface area contributed by atoms with E-state index in [1.807, 2.05) is 32.0 Å². The molecule has 5 N–H and O–H groups in total. The Bertz CT molecular complexity index is 1310. The second-order valence-corrected chi connectivity index (χ2v) is 9.45. The summed E-state index contributed by atoms with van der Waals surface area (Å²) in [5.41, 5.74) is 5.39. The number of amides is 4. The molecule has 37 heavy (non-hydrogen) atoms. The maximum Gasteiger partial charge on any atom is 0.324 e. The number of fused-ring (bicyclic) bond motifs is 1. The van der Waals surface area contributed by atoms with E-state index in [0.29, 0.717) is 5.56 Å². The molecule has 0 saturated carbocycles. The predicted molar refractivity (Wildman–Crippen MR) is 132 cm³/mol. The number of carbonyl (C=O) groups excluding carboxylic acids is 3. The number of nitrogens with zero attached hydrogens (tertiary/aromatic N) is 2. The fourth-order valence-electron chi connectivity index (χ4n) is 5.48. The van der Waals surface area contributed by atoms with E-state index in [0.717, 1.165) is 22.1 Å². The Morgan fingerprint density at radius 3 is 2.57 bits per heavy atom. The number of imide groups is 1. The Labute approximate surface area is 212 Å². The summed E-state index contributed by atoms with van der Waals surface area (Å²) in [6.07, 6.45) is 0.0935. The highest BCUT2D eigenvalue weighted by Crippen LogP contribution is 2.52. The summed E-state index contributed by atoms with van der Waals surface area (Å²) in [4.78, 5) is 63.1. The van der Waals surface area contributed by atoms with Crippen LogP contribution in [0.5, 0.6) is 0 Å². The zero-order chi connectivity index (χ0) is 27.1. The van der Waals surface area contributed by atoms with Crippen molar-refractivity contribution < 1.29 is 29.2 Å². The Balaban J connectivity index is 1.83. The van der Waals surface area contributed by atoms with Crippen LogP contribution in [0.1, 0.15) is 35.6 Å². The van der Waals surface area contributed by atoms with Crippen LogP contribution in [0.25, 0.3) is 0 Å². The molecule has 2 aliphatic heterocycles. The molecule has 4 rings (SSSR count). The van der Waals surface area contributed by atoms with Crippen molar-refractivity contribution in [2.45, 2.75) is 38.3 Å². The smallest absolute Gasteiger partial charge is 0.324 e. The maximum absolute atomic E-state index is 13.8. The largest absolute Gasteiger partial charge is 0.480 e. The fraction of sp³-hybridized carbons (Fsp3) is 0.360. The van der Waals surface area contributed by atoms with E-state index in [2.05, 4.69) is 10.6 Å². The van der Waals surface area contributed by atoms with Crippen LogP contribution in [0.2, 0.25) is 0 Å². The normalized spacial score (nSPS) is 24.7. The van der Waals surface area contributed by atoms with Crippen LogP contribution in [0.4, 0.5) is 16.2 Å². The lowest BCUT2D eigenvalue weighted by Crippen LogP contribution is -2.56. The first-order valence-electron chi connectivity index (χ1n) is 11.7. The number of aryl methyl sites for hydroxylation is 2.